The number of likely N-dealkylation sites (tertiary alicyclic amines) is 1. The molecule has 1 atom stereocenters. The largest absolute Gasteiger partial charge is 0.418 e. The van der Waals surface area contributed by atoms with Crippen LogP contribution in [0.1, 0.15) is 47.7 Å². The molecule has 12 heteroatoms. The Morgan fingerprint density at radius 2 is 1.90 bits per heavy atom. The molecule has 41 heavy (non-hydrogen) atoms. The first kappa shape index (κ1) is 27.3. The lowest BCUT2D eigenvalue weighted by atomic mass is 9.72. The molecule has 2 aliphatic rings. The minimum atomic E-state index is -4.65. The van der Waals surface area contributed by atoms with Crippen molar-refractivity contribution in [3.8, 4) is 5.69 Å². The van der Waals surface area contributed by atoms with Crippen molar-refractivity contribution in [3.05, 3.63) is 82.1 Å². The van der Waals surface area contributed by atoms with E-state index in [-0.39, 0.29) is 29.8 Å². The minimum Gasteiger partial charge on any atom is -0.348 e. The number of hydrogen-bond donors (Lipinski definition) is 0. The number of aryl methyl sites for hydroxylation is 1. The highest BCUT2D eigenvalue weighted by Gasteiger charge is 2.37. The molecule has 2 fully saturated rings. The molecule has 0 N–H and O–H groups in total. The van der Waals surface area contributed by atoms with E-state index in [9.17, 15) is 22.8 Å². The lowest BCUT2D eigenvalue weighted by molar-refractivity contribution is -0.138. The third-order valence-electron chi connectivity index (χ3n) is 8.44. The molecule has 0 unspecified atom stereocenters. The summed E-state index contributed by atoms with van der Waals surface area (Å²) >= 11 is 0. The van der Waals surface area contributed by atoms with Crippen LogP contribution in [0.2, 0.25) is 0 Å². The zero-order chi connectivity index (χ0) is 29.1. The summed E-state index contributed by atoms with van der Waals surface area (Å²) in [6.07, 6.45) is 2.99. The number of carbonyl (C=O) groups is 1. The SMILES string of the molecule is CN(C)C(=O)C1CN(Cc2cc(C(F)(F)F)c3cn(-c4cccc([C@H](c5nncn5C)C5CCC5)c4)c(=O)n3c2)C1. The van der Waals surface area contributed by atoms with E-state index in [1.807, 2.05) is 34.7 Å². The average Bonchev–Trinajstić information content (AvgIpc) is 3.44. The van der Waals surface area contributed by atoms with Gasteiger partial charge in [0.2, 0.25) is 5.91 Å². The molecule has 216 valence electrons. The fourth-order valence-corrected chi connectivity index (χ4v) is 6.07. The molecular formula is C29H32F3N7O2. The quantitative estimate of drug-likeness (QED) is 0.341. The van der Waals surface area contributed by atoms with Gasteiger partial charge in [-0.05, 0) is 48.1 Å². The van der Waals surface area contributed by atoms with E-state index in [1.165, 1.54) is 21.9 Å². The number of pyridine rings is 1. The number of alkyl halides is 3. The van der Waals surface area contributed by atoms with Crippen LogP contribution in [-0.2, 0) is 24.6 Å². The van der Waals surface area contributed by atoms with Crippen LogP contribution in [0.3, 0.4) is 0 Å². The second-order valence-corrected chi connectivity index (χ2v) is 11.5. The normalized spacial score (nSPS) is 17.4. The standard InChI is InChI=1S/C29H32F3N7O2/c1-35(2)27(40)21-14-37(15-21)12-18-10-23(29(30,31)32)24-16-38(28(41)39(24)13-18)22-9-5-8-20(11-22)25(19-6-4-7-19)26-34-33-17-36(26)3/h5,8-11,13,16-17,19,21,25H,4,6-7,12,14-15H2,1-3H3/t25-/m1/s1. The lowest BCUT2D eigenvalue weighted by Crippen LogP contribution is -2.52. The summed E-state index contributed by atoms with van der Waals surface area (Å²) in [5.74, 6) is 1.01. The number of fused-ring (bicyclic) bond motifs is 1. The Morgan fingerprint density at radius 1 is 1.15 bits per heavy atom. The molecule has 0 spiro atoms. The fourth-order valence-electron chi connectivity index (χ4n) is 6.07. The molecule has 1 aliphatic carbocycles. The summed E-state index contributed by atoms with van der Waals surface area (Å²) in [5.41, 5.74) is 0.153. The number of rotatable bonds is 7. The van der Waals surface area contributed by atoms with Gasteiger partial charge in [0.15, 0.2) is 0 Å². The van der Waals surface area contributed by atoms with Crippen molar-refractivity contribution >= 4 is 11.4 Å². The van der Waals surface area contributed by atoms with E-state index < -0.39 is 17.4 Å². The highest BCUT2D eigenvalue weighted by molar-refractivity contribution is 5.79. The number of carbonyl (C=O) groups excluding carboxylic acids is 1. The zero-order valence-electron chi connectivity index (χ0n) is 23.2. The highest BCUT2D eigenvalue weighted by Crippen LogP contribution is 2.43. The highest BCUT2D eigenvalue weighted by atomic mass is 19.4. The zero-order valence-corrected chi connectivity index (χ0v) is 23.2. The van der Waals surface area contributed by atoms with Gasteiger partial charge in [-0.1, -0.05) is 18.6 Å². The van der Waals surface area contributed by atoms with Crippen LogP contribution in [0.4, 0.5) is 13.2 Å². The maximum atomic E-state index is 14.2. The Bertz CT molecular complexity index is 1660. The van der Waals surface area contributed by atoms with Gasteiger partial charge in [0, 0.05) is 59.1 Å². The minimum absolute atomic E-state index is 0.00179. The van der Waals surface area contributed by atoms with Crippen LogP contribution in [0.5, 0.6) is 0 Å². The van der Waals surface area contributed by atoms with Crippen LogP contribution in [0, 0.1) is 11.8 Å². The molecule has 1 amide bonds. The van der Waals surface area contributed by atoms with Gasteiger partial charge < -0.3 is 9.47 Å². The van der Waals surface area contributed by atoms with E-state index in [1.54, 1.807) is 26.5 Å². The Kier molecular flexibility index (Phi) is 6.75. The van der Waals surface area contributed by atoms with Gasteiger partial charge in [0.1, 0.15) is 12.2 Å². The summed E-state index contributed by atoms with van der Waals surface area (Å²) < 4.78 is 46.9. The lowest BCUT2D eigenvalue weighted by Gasteiger charge is -2.39. The van der Waals surface area contributed by atoms with E-state index in [0.717, 1.165) is 41.1 Å². The topological polar surface area (TPSA) is 80.7 Å². The Labute approximate surface area is 234 Å². The summed E-state index contributed by atoms with van der Waals surface area (Å²) in [7, 11) is 5.27. The molecule has 3 aromatic heterocycles. The van der Waals surface area contributed by atoms with Gasteiger partial charge in [0.05, 0.1) is 22.7 Å². The number of aromatic nitrogens is 5. The van der Waals surface area contributed by atoms with E-state index in [4.69, 9.17) is 0 Å². The van der Waals surface area contributed by atoms with Crippen LogP contribution in [0.25, 0.3) is 11.2 Å². The van der Waals surface area contributed by atoms with Crippen LogP contribution in [0.15, 0.2) is 53.8 Å². The predicted molar refractivity (Wildman–Crippen MR) is 146 cm³/mol. The summed E-state index contributed by atoms with van der Waals surface area (Å²) in [6, 6.07) is 8.51. The first-order valence-corrected chi connectivity index (χ1v) is 13.7. The molecule has 1 aliphatic heterocycles. The van der Waals surface area contributed by atoms with E-state index in [0.29, 0.717) is 30.3 Å². The molecule has 1 saturated heterocycles. The second kappa shape index (κ2) is 10.2. The van der Waals surface area contributed by atoms with Gasteiger partial charge in [0.25, 0.3) is 0 Å². The molecule has 1 aromatic carbocycles. The summed E-state index contributed by atoms with van der Waals surface area (Å²) in [4.78, 5) is 29.2. The van der Waals surface area contributed by atoms with Crippen molar-refractivity contribution in [2.45, 2.75) is 37.9 Å². The van der Waals surface area contributed by atoms with E-state index in [2.05, 4.69) is 10.2 Å². The van der Waals surface area contributed by atoms with Gasteiger partial charge in [-0.25, -0.2) is 4.79 Å². The third kappa shape index (κ3) is 4.94. The fraction of sp³-hybridized carbons (Fsp3) is 0.448. The second-order valence-electron chi connectivity index (χ2n) is 11.5. The van der Waals surface area contributed by atoms with Gasteiger partial charge in [-0.2, -0.15) is 13.2 Å². The average molecular weight is 568 g/mol. The maximum Gasteiger partial charge on any atom is 0.418 e. The third-order valence-corrected chi connectivity index (χ3v) is 8.44. The summed E-state index contributed by atoms with van der Waals surface area (Å²) in [5, 5.41) is 8.40. The van der Waals surface area contributed by atoms with Crippen LogP contribution >= 0.6 is 0 Å². The van der Waals surface area contributed by atoms with Crippen molar-refractivity contribution in [2.75, 3.05) is 27.2 Å². The van der Waals surface area contributed by atoms with Crippen LogP contribution in [-0.4, -0.2) is 66.6 Å². The van der Waals surface area contributed by atoms with Gasteiger partial charge >= 0.3 is 11.9 Å². The molecule has 9 nitrogen and oxygen atoms in total. The van der Waals surface area contributed by atoms with Gasteiger partial charge in [-0.3, -0.25) is 18.7 Å². The molecule has 4 heterocycles. The maximum absolute atomic E-state index is 14.2. The van der Waals surface area contributed by atoms with Crippen molar-refractivity contribution in [3.63, 3.8) is 0 Å². The first-order valence-electron chi connectivity index (χ1n) is 13.7. The number of benzene rings is 1. The Morgan fingerprint density at radius 3 is 2.51 bits per heavy atom. The number of halogens is 3. The van der Waals surface area contributed by atoms with E-state index >= 15 is 0 Å². The molecule has 6 rings (SSSR count). The van der Waals surface area contributed by atoms with Crippen LogP contribution < -0.4 is 5.69 Å². The monoisotopic (exact) mass is 567 g/mol. The Balaban J connectivity index is 1.36. The van der Waals surface area contributed by atoms with Gasteiger partial charge in [-0.15, -0.1) is 10.2 Å². The predicted octanol–water partition coefficient (Wildman–Crippen LogP) is 3.69. The molecule has 0 radical (unpaired) electrons. The van der Waals surface area contributed by atoms with Crippen molar-refractivity contribution in [1.82, 2.24) is 33.5 Å². The molecular weight excluding hydrogens is 535 g/mol. The number of imidazole rings is 1. The molecule has 4 aromatic rings. The summed E-state index contributed by atoms with van der Waals surface area (Å²) in [6.45, 7) is 1.14. The van der Waals surface area contributed by atoms with Crippen molar-refractivity contribution < 1.29 is 18.0 Å². The number of hydrogen-bond acceptors (Lipinski definition) is 5. The smallest absolute Gasteiger partial charge is 0.348 e. The van der Waals surface area contributed by atoms with Crippen molar-refractivity contribution in [2.24, 2.45) is 18.9 Å². The first-order chi connectivity index (χ1) is 19.5. The molecule has 0 bridgehead atoms. The molecule has 1 saturated carbocycles. The number of nitrogens with zero attached hydrogens (tertiary/aromatic N) is 7. The number of amides is 1. The Hall–Kier alpha value is -3.93. The van der Waals surface area contributed by atoms with Crippen molar-refractivity contribution in [1.29, 1.82) is 0 Å².